The van der Waals surface area contributed by atoms with Crippen LogP contribution < -0.4 is 15.5 Å². The molecule has 0 spiro atoms. The van der Waals surface area contributed by atoms with Crippen LogP contribution in [-0.2, 0) is 0 Å². The van der Waals surface area contributed by atoms with E-state index in [1.54, 1.807) is 24.5 Å². The summed E-state index contributed by atoms with van der Waals surface area (Å²) in [4.78, 5) is 18.1. The second-order valence-corrected chi connectivity index (χ2v) is 7.80. The van der Waals surface area contributed by atoms with Gasteiger partial charge in [-0.15, -0.1) is 0 Å². The number of anilines is 3. The van der Waals surface area contributed by atoms with Crippen LogP contribution in [0.2, 0.25) is 0 Å². The molecule has 1 aliphatic heterocycles. The van der Waals surface area contributed by atoms with Gasteiger partial charge in [0, 0.05) is 31.9 Å². The zero-order valence-corrected chi connectivity index (χ0v) is 17.6. The molecule has 3 heterocycles. The molecule has 1 aliphatic rings. The van der Waals surface area contributed by atoms with E-state index < -0.39 is 0 Å². The SMILES string of the molecule is Cc1cc(C#N)ccc1-n1cnc2c(N)nc(N3CCN(c4ccc(O)cc4)CC3)nc21. The average Bonchev–Trinajstić information content (AvgIpc) is 3.24. The molecule has 9 nitrogen and oxygen atoms in total. The number of hydrogen-bond donors (Lipinski definition) is 2. The van der Waals surface area contributed by atoms with Crippen molar-refractivity contribution in [2.24, 2.45) is 0 Å². The lowest BCUT2D eigenvalue weighted by Crippen LogP contribution is -2.47. The van der Waals surface area contributed by atoms with Crippen molar-refractivity contribution in [2.45, 2.75) is 6.92 Å². The van der Waals surface area contributed by atoms with E-state index in [-0.39, 0.29) is 5.75 Å². The normalized spacial score (nSPS) is 14.0. The second-order valence-electron chi connectivity index (χ2n) is 7.80. The van der Waals surface area contributed by atoms with Gasteiger partial charge in [-0.3, -0.25) is 4.57 Å². The Balaban J connectivity index is 1.44. The van der Waals surface area contributed by atoms with Crippen molar-refractivity contribution in [3.8, 4) is 17.5 Å². The number of fused-ring (bicyclic) bond motifs is 1. The minimum atomic E-state index is 0.263. The maximum Gasteiger partial charge on any atom is 0.229 e. The smallest absolute Gasteiger partial charge is 0.229 e. The molecule has 1 saturated heterocycles. The molecule has 0 atom stereocenters. The van der Waals surface area contributed by atoms with Crippen molar-refractivity contribution in [1.82, 2.24) is 19.5 Å². The van der Waals surface area contributed by atoms with E-state index in [0.29, 0.717) is 28.5 Å². The molecule has 0 saturated carbocycles. The van der Waals surface area contributed by atoms with Crippen LogP contribution in [0.15, 0.2) is 48.8 Å². The van der Waals surface area contributed by atoms with E-state index in [1.165, 1.54) is 0 Å². The summed E-state index contributed by atoms with van der Waals surface area (Å²) in [5.74, 6) is 1.18. The molecule has 3 N–H and O–H groups in total. The molecule has 5 rings (SSSR count). The van der Waals surface area contributed by atoms with Crippen LogP contribution in [0.4, 0.5) is 17.5 Å². The molecule has 4 aromatic rings. The monoisotopic (exact) mass is 426 g/mol. The van der Waals surface area contributed by atoms with Crippen LogP contribution in [0.25, 0.3) is 16.9 Å². The lowest BCUT2D eigenvalue weighted by molar-refractivity contribution is 0.475. The van der Waals surface area contributed by atoms with Gasteiger partial charge in [0.25, 0.3) is 0 Å². The third-order valence-electron chi connectivity index (χ3n) is 5.77. The summed E-state index contributed by atoms with van der Waals surface area (Å²) in [6, 6.07) is 14.9. The third-order valence-corrected chi connectivity index (χ3v) is 5.77. The number of hydrogen-bond acceptors (Lipinski definition) is 8. The fraction of sp³-hybridized carbons (Fsp3) is 0.217. The number of piperazine rings is 1. The predicted octanol–water partition coefficient (Wildman–Crippen LogP) is 2.61. The number of benzene rings is 2. The number of nitrogens with zero attached hydrogens (tertiary/aromatic N) is 7. The number of imidazole rings is 1. The summed E-state index contributed by atoms with van der Waals surface area (Å²) in [7, 11) is 0. The van der Waals surface area contributed by atoms with E-state index in [0.717, 1.165) is 43.1 Å². The van der Waals surface area contributed by atoms with Gasteiger partial charge in [-0.05, 0) is 55.0 Å². The highest BCUT2D eigenvalue weighted by Crippen LogP contribution is 2.26. The van der Waals surface area contributed by atoms with Gasteiger partial charge >= 0.3 is 0 Å². The Labute approximate surface area is 185 Å². The molecule has 0 unspecified atom stereocenters. The molecule has 9 heteroatoms. The molecular weight excluding hydrogens is 404 g/mol. The Morgan fingerprint density at radius 2 is 1.72 bits per heavy atom. The summed E-state index contributed by atoms with van der Waals surface area (Å²) < 4.78 is 1.89. The molecule has 0 amide bonds. The highest BCUT2D eigenvalue weighted by Gasteiger charge is 2.22. The first-order valence-corrected chi connectivity index (χ1v) is 10.3. The minimum Gasteiger partial charge on any atom is -0.508 e. The fourth-order valence-electron chi connectivity index (χ4n) is 4.05. The van der Waals surface area contributed by atoms with E-state index in [4.69, 9.17) is 16.0 Å². The second kappa shape index (κ2) is 7.74. The number of phenolic OH excluding ortho intramolecular Hbond substituents is 1. The highest BCUT2D eigenvalue weighted by atomic mass is 16.3. The van der Waals surface area contributed by atoms with Crippen LogP contribution in [0.5, 0.6) is 5.75 Å². The molecule has 0 bridgehead atoms. The Kier molecular flexibility index (Phi) is 4.75. The number of aromatic hydroxyl groups is 1. The molecule has 2 aromatic carbocycles. The van der Waals surface area contributed by atoms with E-state index in [9.17, 15) is 5.11 Å². The van der Waals surface area contributed by atoms with Gasteiger partial charge in [0.05, 0.1) is 17.3 Å². The number of phenols is 1. The fourth-order valence-corrected chi connectivity index (χ4v) is 4.05. The van der Waals surface area contributed by atoms with Crippen molar-refractivity contribution < 1.29 is 5.11 Å². The van der Waals surface area contributed by atoms with Crippen molar-refractivity contribution in [2.75, 3.05) is 41.7 Å². The van der Waals surface area contributed by atoms with Crippen molar-refractivity contribution in [3.63, 3.8) is 0 Å². The first-order chi connectivity index (χ1) is 15.5. The van der Waals surface area contributed by atoms with Crippen LogP contribution >= 0.6 is 0 Å². The predicted molar refractivity (Wildman–Crippen MR) is 123 cm³/mol. The largest absolute Gasteiger partial charge is 0.508 e. The van der Waals surface area contributed by atoms with Gasteiger partial charge in [0.2, 0.25) is 5.95 Å². The molecule has 2 aromatic heterocycles. The van der Waals surface area contributed by atoms with Gasteiger partial charge in [-0.25, -0.2) is 4.98 Å². The molecular formula is C23H22N8O. The molecule has 160 valence electrons. The summed E-state index contributed by atoms with van der Waals surface area (Å²) >= 11 is 0. The number of rotatable bonds is 3. The van der Waals surface area contributed by atoms with Crippen LogP contribution in [-0.4, -0.2) is 50.8 Å². The third kappa shape index (κ3) is 3.41. The van der Waals surface area contributed by atoms with Crippen molar-refractivity contribution >= 4 is 28.6 Å². The van der Waals surface area contributed by atoms with Gasteiger partial charge in [0.15, 0.2) is 17.0 Å². The Bertz CT molecular complexity index is 1330. The van der Waals surface area contributed by atoms with Crippen LogP contribution in [0.1, 0.15) is 11.1 Å². The molecule has 1 fully saturated rings. The van der Waals surface area contributed by atoms with Crippen molar-refractivity contribution in [3.05, 3.63) is 59.9 Å². The maximum absolute atomic E-state index is 9.51. The van der Waals surface area contributed by atoms with E-state index in [1.807, 2.05) is 35.8 Å². The van der Waals surface area contributed by atoms with Crippen LogP contribution in [0.3, 0.4) is 0 Å². The number of nitrogens with two attached hydrogens (primary N) is 1. The minimum absolute atomic E-state index is 0.263. The van der Waals surface area contributed by atoms with Crippen molar-refractivity contribution in [1.29, 1.82) is 5.26 Å². The number of nitrogen functional groups attached to an aromatic ring is 1. The highest BCUT2D eigenvalue weighted by molar-refractivity contribution is 5.84. The Morgan fingerprint density at radius 1 is 1.00 bits per heavy atom. The Hall–Kier alpha value is -4.32. The lowest BCUT2D eigenvalue weighted by atomic mass is 10.1. The zero-order valence-electron chi connectivity index (χ0n) is 17.6. The van der Waals surface area contributed by atoms with Crippen LogP contribution in [0, 0.1) is 18.3 Å². The maximum atomic E-state index is 9.51. The quantitative estimate of drug-likeness (QED) is 0.513. The van der Waals surface area contributed by atoms with Gasteiger partial charge in [0.1, 0.15) is 12.1 Å². The Morgan fingerprint density at radius 3 is 2.41 bits per heavy atom. The standard InChI is InChI=1S/C23H22N8O/c1-15-12-16(13-24)2-7-19(15)31-14-26-20-21(25)27-23(28-22(20)31)30-10-8-29(9-11-30)17-3-5-18(32)6-4-17/h2-7,12,14,32H,8-11H2,1H3,(H2,25,27,28). The topological polar surface area (TPSA) is 120 Å². The lowest BCUT2D eigenvalue weighted by Gasteiger charge is -2.36. The molecule has 0 aliphatic carbocycles. The summed E-state index contributed by atoms with van der Waals surface area (Å²) in [5.41, 5.74) is 11.0. The average molecular weight is 426 g/mol. The summed E-state index contributed by atoms with van der Waals surface area (Å²) in [5, 5.41) is 18.7. The number of aromatic nitrogens is 4. The molecule has 32 heavy (non-hydrogen) atoms. The summed E-state index contributed by atoms with van der Waals surface area (Å²) in [6.45, 7) is 5.06. The first kappa shape index (κ1) is 19.6. The number of nitriles is 1. The molecule has 0 radical (unpaired) electrons. The van der Waals surface area contributed by atoms with E-state index in [2.05, 4.69) is 25.8 Å². The van der Waals surface area contributed by atoms with Gasteiger partial charge in [-0.1, -0.05) is 0 Å². The zero-order chi connectivity index (χ0) is 22.2. The summed E-state index contributed by atoms with van der Waals surface area (Å²) in [6.07, 6.45) is 1.69. The van der Waals surface area contributed by atoms with E-state index >= 15 is 0 Å². The van der Waals surface area contributed by atoms with Gasteiger partial charge < -0.3 is 20.6 Å². The number of aryl methyl sites for hydroxylation is 1. The first-order valence-electron chi connectivity index (χ1n) is 10.3. The van der Waals surface area contributed by atoms with Gasteiger partial charge in [-0.2, -0.15) is 15.2 Å².